The van der Waals surface area contributed by atoms with Crippen molar-refractivity contribution in [2.45, 2.75) is 33.2 Å². The van der Waals surface area contributed by atoms with Crippen molar-refractivity contribution in [1.29, 1.82) is 0 Å². The summed E-state index contributed by atoms with van der Waals surface area (Å²) in [5, 5.41) is 14.0. The predicted octanol–water partition coefficient (Wildman–Crippen LogP) is 4.34. The zero-order valence-electron chi connectivity index (χ0n) is 11.4. The first kappa shape index (κ1) is 14.6. The Morgan fingerprint density at radius 3 is 2.84 bits per heavy atom. The van der Waals surface area contributed by atoms with Crippen LogP contribution in [0.15, 0.2) is 22.7 Å². The first-order valence-electron chi connectivity index (χ1n) is 6.45. The van der Waals surface area contributed by atoms with Crippen LogP contribution in [-0.4, -0.2) is 16.7 Å². The number of aryl methyl sites for hydroxylation is 1. The highest BCUT2D eigenvalue weighted by molar-refractivity contribution is 9.10. The third-order valence-corrected chi connectivity index (χ3v) is 4.94. The van der Waals surface area contributed by atoms with Gasteiger partial charge in [-0.15, -0.1) is 10.2 Å². The Morgan fingerprint density at radius 2 is 2.16 bits per heavy atom. The largest absolute Gasteiger partial charge is 0.308 e. The van der Waals surface area contributed by atoms with Gasteiger partial charge in [-0.3, -0.25) is 0 Å². The van der Waals surface area contributed by atoms with Gasteiger partial charge in [-0.05, 0) is 38.4 Å². The van der Waals surface area contributed by atoms with Gasteiger partial charge in [0.2, 0.25) is 0 Å². The maximum atomic E-state index is 4.29. The first-order valence-corrected chi connectivity index (χ1v) is 8.06. The summed E-state index contributed by atoms with van der Waals surface area (Å²) in [6, 6.07) is 6.55. The van der Waals surface area contributed by atoms with E-state index in [4.69, 9.17) is 0 Å². The normalized spacial score (nSPS) is 12.6. The lowest BCUT2D eigenvalue weighted by atomic mass is 10.2. The van der Waals surface area contributed by atoms with E-state index < -0.39 is 0 Å². The second kappa shape index (κ2) is 6.59. The molecule has 1 N–H and O–H groups in total. The molecule has 0 aliphatic carbocycles. The van der Waals surface area contributed by atoms with Crippen LogP contribution in [0.1, 0.15) is 36.9 Å². The van der Waals surface area contributed by atoms with Crippen molar-refractivity contribution < 1.29 is 0 Å². The van der Waals surface area contributed by atoms with Crippen LogP contribution in [0.2, 0.25) is 0 Å². The van der Waals surface area contributed by atoms with Gasteiger partial charge in [0, 0.05) is 10.0 Å². The van der Waals surface area contributed by atoms with Gasteiger partial charge in [0.15, 0.2) is 0 Å². The molecule has 0 amide bonds. The minimum absolute atomic E-state index is 0.264. The Balaban J connectivity index is 2.18. The molecule has 0 aliphatic heterocycles. The van der Waals surface area contributed by atoms with Crippen molar-refractivity contribution in [3.63, 3.8) is 0 Å². The van der Waals surface area contributed by atoms with Gasteiger partial charge in [0.05, 0.1) is 6.04 Å². The van der Waals surface area contributed by atoms with Crippen molar-refractivity contribution in [2.75, 3.05) is 6.54 Å². The van der Waals surface area contributed by atoms with E-state index in [0.717, 1.165) is 33.0 Å². The van der Waals surface area contributed by atoms with Gasteiger partial charge in [-0.2, -0.15) is 0 Å². The minimum atomic E-state index is 0.264. The molecule has 1 atom stereocenters. The summed E-state index contributed by atoms with van der Waals surface area (Å²) in [4.78, 5) is 0. The Bertz CT molecular complexity index is 553. The molecule has 1 aromatic carbocycles. The van der Waals surface area contributed by atoms with Gasteiger partial charge in [-0.1, -0.05) is 46.3 Å². The van der Waals surface area contributed by atoms with E-state index >= 15 is 0 Å². The monoisotopic (exact) mass is 339 g/mol. The standard InChI is InChI=1S/C14H18BrN3S/c1-4-7-16-10(3)13-17-18-14(19-13)11-6-5-9(2)12(15)8-11/h5-6,8,10,16H,4,7H2,1-3H3. The lowest BCUT2D eigenvalue weighted by Crippen LogP contribution is -2.18. The number of hydrogen-bond donors (Lipinski definition) is 1. The summed E-state index contributed by atoms with van der Waals surface area (Å²) in [6.45, 7) is 7.38. The van der Waals surface area contributed by atoms with Crippen LogP contribution in [-0.2, 0) is 0 Å². The molecule has 0 saturated heterocycles. The van der Waals surface area contributed by atoms with Crippen molar-refractivity contribution in [3.8, 4) is 10.6 Å². The van der Waals surface area contributed by atoms with Crippen LogP contribution in [0.5, 0.6) is 0 Å². The zero-order chi connectivity index (χ0) is 13.8. The topological polar surface area (TPSA) is 37.8 Å². The van der Waals surface area contributed by atoms with Crippen LogP contribution < -0.4 is 5.32 Å². The van der Waals surface area contributed by atoms with Crippen molar-refractivity contribution >= 4 is 27.3 Å². The maximum Gasteiger partial charge on any atom is 0.147 e. The van der Waals surface area contributed by atoms with Gasteiger partial charge in [0.1, 0.15) is 10.0 Å². The molecule has 19 heavy (non-hydrogen) atoms. The molecular formula is C14H18BrN3S. The van der Waals surface area contributed by atoms with Gasteiger partial charge in [-0.25, -0.2) is 0 Å². The highest BCUT2D eigenvalue weighted by Gasteiger charge is 2.12. The predicted molar refractivity (Wildman–Crippen MR) is 84.5 cm³/mol. The van der Waals surface area contributed by atoms with Crippen LogP contribution >= 0.6 is 27.3 Å². The van der Waals surface area contributed by atoms with E-state index in [0.29, 0.717) is 0 Å². The fourth-order valence-corrected chi connectivity index (χ4v) is 2.95. The number of rotatable bonds is 5. The summed E-state index contributed by atoms with van der Waals surface area (Å²) < 4.78 is 1.11. The molecular weight excluding hydrogens is 322 g/mol. The number of nitrogens with zero attached hydrogens (tertiary/aromatic N) is 2. The van der Waals surface area contributed by atoms with E-state index in [9.17, 15) is 0 Å². The van der Waals surface area contributed by atoms with E-state index in [2.05, 4.69) is 70.4 Å². The van der Waals surface area contributed by atoms with Crippen LogP contribution in [0, 0.1) is 6.92 Å². The van der Waals surface area contributed by atoms with Crippen LogP contribution in [0.4, 0.5) is 0 Å². The zero-order valence-corrected chi connectivity index (χ0v) is 13.8. The average Bonchev–Trinajstić information content (AvgIpc) is 2.89. The molecule has 3 nitrogen and oxygen atoms in total. The van der Waals surface area contributed by atoms with Crippen molar-refractivity contribution in [2.24, 2.45) is 0 Å². The highest BCUT2D eigenvalue weighted by atomic mass is 79.9. The molecule has 0 fully saturated rings. The SMILES string of the molecule is CCCNC(C)c1nnc(-c2ccc(C)c(Br)c2)s1. The second-order valence-electron chi connectivity index (χ2n) is 4.59. The molecule has 0 saturated carbocycles. The third-order valence-electron chi connectivity index (χ3n) is 2.93. The van der Waals surface area contributed by atoms with Crippen LogP contribution in [0.3, 0.4) is 0 Å². The Labute approximate surface area is 126 Å². The molecule has 2 aromatic rings. The quantitative estimate of drug-likeness (QED) is 0.880. The number of aromatic nitrogens is 2. The molecule has 0 spiro atoms. The maximum absolute atomic E-state index is 4.29. The summed E-state index contributed by atoms with van der Waals surface area (Å²) in [5.41, 5.74) is 2.34. The van der Waals surface area contributed by atoms with E-state index in [1.807, 2.05) is 0 Å². The fourth-order valence-electron chi connectivity index (χ4n) is 1.70. The van der Waals surface area contributed by atoms with E-state index in [1.54, 1.807) is 11.3 Å². The Morgan fingerprint density at radius 1 is 1.37 bits per heavy atom. The number of halogens is 1. The average molecular weight is 340 g/mol. The molecule has 5 heteroatoms. The van der Waals surface area contributed by atoms with Gasteiger partial charge >= 0.3 is 0 Å². The number of benzene rings is 1. The molecule has 1 heterocycles. The smallest absolute Gasteiger partial charge is 0.147 e. The molecule has 102 valence electrons. The van der Waals surface area contributed by atoms with Gasteiger partial charge < -0.3 is 5.32 Å². The minimum Gasteiger partial charge on any atom is -0.308 e. The molecule has 0 bridgehead atoms. The summed E-state index contributed by atoms with van der Waals surface area (Å²) in [7, 11) is 0. The van der Waals surface area contributed by atoms with Gasteiger partial charge in [0.25, 0.3) is 0 Å². The lowest BCUT2D eigenvalue weighted by Gasteiger charge is -2.08. The summed E-state index contributed by atoms with van der Waals surface area (Å²) in [5.74, 6) is 0. The first-order chi connectivity index (χ1) is 9.11. The fraction of sp³-hybridized carbons (Fsp3) is 0.429. The number of nitrogens with one attached hydrogen (secondary N) is 1. The highest BCUT2D eigenvalue weighted by Crippen LogP contribution is 2.29. The lowest BCUT2D eigenvalue weighted by molar-refractivity contribution is 0.564. The van der Waals surface area contributed by atoms with E-state index in [-0.39, 0.29) is 6.04 Å². The van der Waals surface area contributed by atoms with Crippen molar-refractivity contribution in [1.82, 2.24) is 15.5 Å². The molecule has 0 aliphatic rings. The molecule has 0 radical (unpaired) electrons. The summed E-state index contributed by atoms with van der Waals surface area (Å²) >= 11 is 5.21. The molecule has 1 unspecified atom stereocenters. The molecule has 1 aromatic heterocycles. The third kappa shape index (κ3) is 3.61. The summed E-state index contributed by atoms with van der Waals surface area (Å²) in [6.07, 6.45) is 1.13. The molecule has 2 rings (SSSR count). The number of hydrogen-bond acceptors (Lipinski definition) is 4. The van der Waals surface area contributed by atoms with Crippen molar-refractivity contribution in [3.05, 3.63) is 33.2 Å². The Kier molecular flexibility index (Phi) is 5.07. The second-order valence-corrected chi connectivity index (χ2v) is 6.45. The van der Waals surface area contributed by atoms with Crippen LogP contribution in [0.25, 0.3) is 10.6 Å². The van der Waals surface area contributed by atoms with E-state index in [1.165, 1.54) is 5.56 Å². The Hall–Kier alpha value is -0.780.